The van der Waals surface area contributed by atoms with Crippen molar-refractivity contribution in [3.05, 3.63) is 0 Å². The Morgan fingerprint density at radius 3 is 2.67 bits per heavy atom. The van der Waals surface area contributed by atoms with E-state index < -0.39 is 0 Å². The predicted molar refractivity (Wildman–Crippen MR) is 33.2 cm³/mol. The molecule has 0 atom stereocenters. The fraction of sp³-hybridized carbons (Fsp3) is 0.833. The first kappa shape index (κ1) is 6.39. The van der Waals surface area contributed by atoms with E-state index in [1.165, 1.54) is 13.5 Å². The fourth-order valence-corrected chi connectivity index (χ4v) is 0.778. The first-order chi connectivity index (χ1) is 4.33. The number of methoxy groups -OCH3 is 1. The molecule has 0 bridgehead atoms. The molecule has 1 aliphatic rings. The van der Waals surface area contributed by atoms with E-state index in [0.29, 0.717) is 6.04 Å². The molecule has 1 aliphatic carbocycles. The number of alkyl carbamates (subject to hydrolysis) is 1. The molecular formula is C6H11NO2. The minimum Gasteiger partial charge on any atom is -0.453 e. The van der Waals surface area contributed by atoms with Crippen LogP contribution in [0, 0.1) is 0 Å². The van der Waals surface area contributed by atoms with Crippen LogP contribution in [0.5, 0.6) is 0 Å². The van der Waals surface area contributed by atoms with Crippen molar-refractivity contribution in [2.24, 2.45) is 0 Å². The van der Waals surface area contributed by atoms with Gasteiger partial charge in [0.2, 0.25) is 0 Å². The van der Waals surface area contributed by atoms with Gasteiger partial charge in [-0.3, -0.25) is 0 Å². The van der Waals surface area contributed by atoms with Crippen LogP contribution in [0.2, 0.25) is 0 Å². The van der Waals surface area contributed by atoms with Crippen molar-refractivity contribution in [2.45, 2.75) is 25.3 Å². The van der Waals surface area contributed by atoms with Crippen molar-refractivity contribution in [3.63, 3.8) is 0 Å². The van der Waals surface area contributed by atoms with Gasteiger partial charge in [0.25, 0.3) is 0 Å². The number of nitrogens with one attached hydrogen (secondary N) is 1. The number of rotatable bonds is 1. The molecule has 0 aromatic rings. The maximum absolute atomic E-state index is 10.5. The highest BCUT2D eigenvalue weighted by Crippen LogP contribution is 2.17. The van der Waals surface area contributed by atoms with Crippen LogP contribution in [-0.4, -0.2) is 19.2 Å². The van der Waals surface area contributed by atoms with Gasteiger partial charge in [-0.05, 0) is 19.3 Å². The molecule has 0 heterocycles. The molecule has 0 saturated heterocycles. The number of carbonyl (C=O) groups excluding carboxylic acids is 1. The Labute approximate surface area is 54.4 Å². The van der Waals surface area contributed by atoms with Crippen LogP contribution in [0.3, 0.4) is 0 Å². The van der Waals surface area contributed by atoms with Crippen molar-refractivity contribution >= 4 is 6.09 Å². The third-order valence-corrected chi connectivity index (χ3v) is 1.61. The zero-order valence-corrected chi connectivity index (χ0v) is 5.52. The summed E-state index contributed by atoms with van der Waals surface area (Å²) in [7, 11) is 1.38. The third-order valence-electron chi connectivity index (χ3n) is 1.61. The highest BCUT2D eigenvalue weighted by Gasteiger charge is 2.18. The second-order valence-corrected chi connectivity index (χ2v) is 2.26. The normalized spacial score (nSPS) is 18.3. The van der Waals surface area contributed by atoms with E-state index in [1.807, 2.05) is 0 Å². The predicted octanol–water partition coefficient (Wildman–Crippen LogP) is 0.895. The summed E-state index contributed by atoms with van der Waals surface area (Å²) in [5, 5.41) is 2.70. The van der Waals surface area contributed by atoms with Crippen LogP contribution in [0.25, 0.3) is 0 Å². The maximum Gasteiger partial charge on any atom is 0.407 e. The lowest BCUT2D eigenvalue weighted by molar-refractivity contribution is 0.159. The lowest BCUT2D eigenvalue weighted by Gasteiger charge is -2.25. The molecule has 1 saturated carbocycles. The van der Waals surface area contributed by atoms with E-state index in [1.54, 1.807) is 0 Å². The quantitative estimate of drug-likeness (QED) is 0.571. The van der Waals surface area contributed by atoms with Crippen LogP contribution >= 0.6 is 0 Å². The molecule has 1 amide bonds. The Morgan fingerprint density at radius 1 is 1.67 bits per heavy atom. The molecule has 0 spiro atoms. The van der Waals surface area contributed by atoms with E-state index in [0.717, 1.165) is 12.8 Å². The van der Waals surface area contributed by atoms with Gasteiger partial charge in [-0.2, -0.15) is 0 Å². The minimum absolute atomic E-state index is 0.306. The van der Waals surface area contributed by atoms with Gasteiger partial charge >= 0.3 is 6.09 Å². The average Bonchev–Trinajstić information content (AvgIpc) is 1.78. The Hall–Kier alpha value is -0.730. The number of ether oxygens (including phenoxy) is 1. The van der Waals surface area contributed by atoms with Gasteiger partial charge in [0.15, 0.2) is 0 Å². The molecule has 0 aromatic heterocycles. The lowest BCUT2D eigenvalue weighted by Crippen LogP contribution is -2.39. The van der Waals surface area contributed by atoms with Crippen molar-refractivity contribution in [1.29, 1.82) is 0 Å². The zero-order chi connectivity index (χ0) is 6.69. The highest BCUT2D eigenvalue weighted by atomic mass is 16.5. The summed E-state index contributed by atoms with van der Waals surface area (Å²) in [6.45, 7) is 0. The molecule has 0 aliphatic heterocycles. The van der Waals surface area contributed by atoms with Gasteiger partial charge in [0.1, 0.15) is 0 Å². The topological polar surface area (TPSA) is 38.3 Å². The number of amides is 1. The Balaban J connectivity index is 2.09. The molecule has 1 fully saturated rings. The van der Waals surface area contributed by atoms with Gasteiger partial charge < -0.3 is 10.1 Å². The average molecular weight is 129 g/mol. The molecule has 0 unspecified atom stereocenters. The van der Waals surface area contributed by atoms with Gasteiger partial charge in [-0.25, -0.2) is 4.79 Å². The number of hydrogen-bond acceptors (Lipinski definition) is 2. The SMILES string of the molecule is COC(=O)NC1CCC1. The standard InChI is InChI=1S/C6H11NO2/c1-9-6(8)7-5-3-2-4-5/h5H,2-4H2,1H3,(H,7,8). The van der Waals surface area contributed by atoms with E-state index in [9.17, 15) is 4.79 Å². The number of carbonyl (C=O) groups is 1. The summed E-state index contributed by atoms with van der Waals surface area (Å²) in [6, 6.07) is 0.387. The van der Waals surface area contributed by atoms with Crippen LogP contribution in [-0.2, 0) is 4.74 Å². The van der Waals surface area contributed by atoms with E-state index in [2.05, 4.69) is 10.1 Å². The van der Waals surface area contributed by atoms with E-state index in [-0.39, 0.29) is 6.09 Å². The second-order valence-electron chi connectivity index (χ2n) is 2.26. The van der Waals surface area contributed by atoms with Gasteiger partial charge in [-0.15, -0.1) is 0 Å². The first-order valence-electron chi connectivity index (χ1n) is 3.17. The van der Waals surface area contributed by atoms with E-state index in [4.69, 9.17) is 0 Å². The van der Waals surface area contributed by atoms with Gasteiger partial charge in [-0.1, -0.05) is 0 Å². The summed E-state index contributed by atoms with van der Waals surface area (Å²) >= 11 is 0. The molecule has 9 heavy (non-hydrogen) atoms. The first-order valence-corrected chi connectivity index (χ1v) is 3.17. The van der Waals surface area contributed by atoms with Crippen molar-refractivity contribution in [1.82, 2.24) is 5.32 Å². The minimum atomic E-state index is -0.306. The van der Waals surface area contributed by atoms with Crippen molar-refractivity contribution < 1.29 is 9.53 Å². The van der Waals surface area contributed by atoms with Crippen LogP contribution in [0.4, 0.5) is 4.79 Å². The summed E-state index contributed by atoms with van der Waals surface area (Å²) in [5.74, 6) is 0. The molecule has 52 valence electrons. The molecule has 3 heteroatoms. The lowest BCUT2D eigenvalue weighted by atomic mass is 9.93. The van der Waals surface area contributed by atoms with Gasteiger partial charge in [0, 0.05) is 6.04 Å². The van der Waals surface area contributed by atoms with Gasteiger partial charge in [0.05, 0.1) is 7.11 Å². The maximum atomic E-state index is 10.5. The fourth-order valence-electron chi connectivity index (χ4n) is 0.778. The summed E-state index contributed by atoms with van der Waals surface area (Å²) < 4.78 is 4.41. The smallest absolute Gasteiger partial charge is 0.407 e. The number of hydrogen-bond donors (Lipinski definition) is 1. The van der Waals surface area contributed by atoms with Crippen LogP contribution < -0.4 is 5.32 Å². The Kier molecular flexibility index (Phi) is 1.92. The van der Waals surface area contributed by atoms with Crippen molar-refractivity contribution in [2.75, 3.05) is 7.11 Å². The molecule has 0 radical (unpaired) electrons. The van der Waals surface area contributed by atoms with Crippen LogP contribution in [0.1, 0.15) is 19.3 Å². The summed E-state index contributed by atoms with van der Waals surface area (Å²) in [4.78, 5) is 10.5. The zero-order valence-electron chi connectivity index (χ0n) is 5.52. The molecular weight excluding hydrogens is 118 g/mol. The largest absolute Gasteiger partial charge is 0.453 e. The monoisotopic (exact) mass is 129 g/mol. The Bertz CT molecular complexity index is 110. The van der Waals surface area contributed by atoms with Crippen LogP contribution in [0.15, 0.2) is 0 Å². The molecule has 3 nitrogen and oxygen atoms in total. The summed E-state index contributed by atoms with van der Waals surface area (Å²) in [5.41, 5.74) is 0. The Morgan fingerprint density at radius 2 is 2.33 bits per heavy atom. The van der Waals surface area contributed by atoms with Crippen molar-refractivity contribution in [3.8, 4) is 0 Å². The molecule has 1 N–H and O–H groups in total. The highest BCUT2D eigenvalue weighted by molar-refractivity contribution is 5.67. The molecule has 0 aromatic carbocycles. The second kappa shape index (κ2) is 2.71. The molecule has 1 rings (SSSR count). The van der Waals surface area contributed by atoms with E-state index >= 15 is 0 Å². The summed E-state index contributed by atoms with van der Waals surface area (Å²) in [6.07, 6.45) is 3.14. The third kappa shape index (κ3) is 1.59.